The van der Waals surface area contributed by atoms with Crippen molar-refractivity contribution in [2.45, 2.75) is 38.9 Å². The molecule has 0 saturated carbocycles. The Morgan fingerprint density at radius 3 is 2.88 bits per heavy atom. The van der Waals surface area contributed by atoms with Gasteiger partial charge in [0.1, 0.15) is 11.0 Å². The van der Waals surface area contributed by atoms with E-state index in [-0.39, 0.29) is 23.8 Å². The third kappa shape index (κ3) is 5.65. The highest BCUT2D eigenvalue weighted by Crippen LogP contribution is 2.37. The molecular weight excluding hydrogens is 477 g/mol. The summed E-state index contributed by atoms with van der Waals surface area (Å²) in [5.74, 6) is -0.607. The van der Waals surface area contributed by atoms with Crippen LogP contribution in [0.1, 0.15) is 46.7 Å². The number of alkyl halides is 1. The van der Waals surface area contributed by atoms with Crippen LogP contribution in [0.25, 0.3) is 0 Å². The Morgan fingerprint density at radius 2 is 2.12 bits per heavy atom. The van der Waals surface area contributed by atoms with Crippen molar-refractivity contribution in [2.75, 3.05) is 18.4 Å². The summed E-state index contributed by atoms with van der Waals surface area (Å²) < 4.78 is 14.0. The summed E-state index contributed by atoms with van der Waals surface area (Å²) >= 11 is 7.51. The molecule has 180 valence electrons. The Balaban J connectivity index is 1.41. The minimum Gasteiger partial charge on any atom is -0.346 e. The monoisotopic (exact) mass is 503 g/mol. The van der Waals surface area contributed by atoms with Crippen LogP contribution >= 0.6 is 22.9 Å². The van der Waals surface area contributed by atoms with E-state index in [2.05, 4.69) is 26.3 Å². The number of aromatic nitrogens is 1. The van der Waals surface area contributed by atoms with E-state index in [1.807, 2.05) is 19.9 Å². The number of anilines is 2. The highest BCUT2D eigenvalue weighted by Gasteiger charge is 2.29. The number of carbonyl (C=O) groups is 2. The van der Waals surface area contributed by atoms with Crippen molar-refractivity contribution in [3.8, 4) is 0 Å². The average Bonchev–Trinajstić information content (AvgIpc) is 3.26. The largest absolute Gasteiger partial charge is 0.346 e. The van der Waals surface area contributed by atoms with Crippen molar-refractivity contribution >= 4 is 45.6 Å². The molecule has 10 heteroatoms. The van der Waals surface area contributed by atoms with Crippen LogP contribution in [-0.4, -0.2) is 42.1 Å². The van der Waals surface area contributed by atoms with Crippen LogP contribution < -0.4 is 21.3 Å². The molecule has 7 nitrogen and oxygen atoms in total. The maximum Gasteiger partial charge on any atom is 0.267 e. The topological polar surface area (TPSA) is 95.2 Å². The van der Waals surface area contributed by atoms with E-state index in [4.69, 9.17) is 11.6 Å². The third-order valence-electron chi connectivity index (χ3n) is 5.88. The highest BCUT2D eigenvalue weighted by molar-refractivity contribution is 7.17. The molecule has 1 fully saturated rings. The SMILES string of the molecule is CC1(C)CC=CC(Cl)=C1NC(=O)c1cnc(Nc2cccc(C(=O)N[C@@H]3CCNC[C@@H]3F)c2)s1. The number of thiazole rings is 1. The van der Waals surface area contributed by atoms with Gasteiger partial charge >= 0.3 is 0 Å². The van der Waals surface area contributed by atoms with Gasteiger partial charge in [0.25, 0.3) is 11.8 Å². The molecule has 1 aromatic heterocycles. The molecule has 4 rings (SSSR count). The predicted octanol–water partition coefficient (Wildman–Crippen LogP) is 4.48. The van der Waals surface area contributed by atoms with Gasteiger partial charge in [0.2, 0.25) is 0 Å². The van der Waals surface area contributed by atoms with Crippen LogP contribution in [0.15, 0.2) is 53.3 Å². The smallest absolute Gasteiger partial charge is 0.267 e. The summed E-state index contributed by atoms with van der Waals surface area (Å²) in [6.07, 6.45) is 5.50. The van der Waals surface area contributed by atoms with Crippen molar-refractivity contribution in [3.63, 3.8) is 0 Å². The van der Waals surface area contributed by atoms with Gasteiger partial charge in [-0.3, -0.25) is 9.59 Å². The fourth-order valence-corrected chi connectivity index (χ4v) is 5.03. The van der Waals surface area contributed by atoms with Gasteiger partial charge in [-0.1, -0.05) is 48.9 Å². The van der Waals surface area contributed by atoms with Crippen molar-refractivity contribution in [1.82, 2.24) is 20.9 Å². The molecule has 2 aromatic rings. The Bertz CT molecular complexity index is 1150. The van der Waals surface area contributed by atoms with Gasteiger partial charge < -0.3 is 21.3 Å². The maximum atomic E-state index is 14.0. The first-order valence-electron chi connectivity index (χ1n) is 11.1. The lowest BCUT2D eigenvalue weighted by Crippen LogP contribution is -2.50. The summed E-state index contributed by atoms with van der Waals surface area (Å²) in [5.41, 5.74) is 1.47. The quantitative estimate of drug-likeness (QED) is 0.466. The average molecular weight is 504 g/mol. The number of carbonyl (C=O) groups excluding carboxylic acids is 2. The minimum absolute atomic E-state index is 0.240. The molecule has 0 radical (unpaired) electrons. The molecule has 0 spiro atoms. The molecule has 4 N–H and O–H groups in total. The highest BCUT2D eigenvalue weighted by atomic mass is 35.5. The molecular formula is C24H27ClFN5O2S. The Labute approximate surface area is 206 Å². The first kappa shape index (κ1) is 24.4. The summed E-state index contributed by atoms with van der Waals surface area (Å²) in [7, 11) is 0. The molecule has 1 aromatic carbocycles. The van der Waals surface area contributed by atoms with E-state index in [9.17, 15) is 14.0 Å². The summed E-state index contributed by atoms with van der Waals surface area (Å²) in [6, 6.07) is 6.38. The Morgan fingerprint density at radius 1 is 1.29 bits per heavy atom. The van der Waals surface area contributed by atoms with E-state index in [0.717, 1.165) is 6.42 Å². The van der Waals surface area contributed by atoms with Crippen molar-refractivity contribution in [1.29, 1.82) is 0 Å². The first-order valence-corrected chi connectivity index (χ1v) is 12.3. The summed E-state index contributed by atoms with van der Waals surface area (Å²) in [5, 5.41) is 12.8. The number of allylic oxidation sites excluding steroid dienone is 4. The summed E-state index contributed by atoms with van der Waals surface area (Å²) in [6.45, 7) is 4.96. The van der Waals surface area contributed by atoms with E-state index in [0.29, 0.717) is 45.0 Å². The van der Waals surface area contributed by atoms with Gasteiger partial charge in [0, 0.05) is 28.9 Å². The van der Waals surface area contributed by atoms with Crippen LogP contribution in [0.5, 0.6) is 0 Å². The van der Waals surface area contributed by atoms with Crippen LogP contribution in [0, 0.1) is 5.41 Å². The molecule has 1 saturated heterocycles. The number of nitrogens with zero attached hydrogens (tertiary/aromatic N) is 1. The third-order valence-corrected chi connectivity index (χ3v) is 7.10. The number of hydrogen-bond donors (Lipinski definition) is 4. The van der Waals surface area contributed by atoms with Crippen molar-refractivity contribution < 1.29 is 14.0 Å². The molecule has 0 unspecified atom stereocenters. The van der Waals surface area contributed by atoms with Crippen LogP contribution in [0.3, 0.4) is 0 Å². The van der Waals surface area contributed by atoms with Gasteiger partial charge in [0.05, 0.1) is 17.3 Å². The number of piperidine rings is 1. The second-order valence-corrected chi connectivity index (χ2v) is 10.4. The van der Waals surface area contributed by atoms with Gasteiger partial charge in [-0.2, -0.15) is 0 Å². The minimum atomic E-state index is -1.11. The van der Waals surface area contributed by atoms with Gasteiger partial charge in [-0.05, 0) is 43.7 Å². The van der Waals surface area contributed by atoms with E-state index in [1.54, 1.807) is 30.3 Å². The first-order chi connectivity index (χ1) is 16.2. The lowest BCUT2D eigenvalue weighted by Gasteiger charge is -2.30. The van der Waals surface area contributed by atoms with Crippen LogP contribution in [0.4, 0.5) is 15.2 Å². The van der Waals surface area contributed by atoms with Crippen LogP contribution in [0.2, 0.25) is 0 Å². The number of halogens is 2. The molecule has 0 bridgehead atoms. The second-order valence-electron chi connectivity index (χ2n) is 8.99. The maximum absolute atomic E-state index is 14.0. The fourth-order valence-electron chi connectivity index (χ4n) is 3.90. The normalized spacial score (nSPS) is 21.8. The lowest BCUT2D eigenvalue weighted by molar-refractivity contribution is 0.0891. The number of benzene rings is 1. The number of nitrogens with one attached hydrogen (secondary N) is 4. The Hall–Kier alpha value is -2.75. The van der Waals surface area contributed by atoms with E-state index >= 15 is 0 Å². The standard InChI is InChI=1S/C24H27ClFN5O2S/c1-24(2)9-4-7-16(25)20(24)31-22(33)19-13-28-23(34-19)29-15-6-3-5-14(11-15)21(32)30-18-8-10-27-12-17(18)26/h3-7,11,13,17-18,27H,8-10,12H2,1-2H3,(H,28,29)(H,30,32)(H,31,33)/t17-,18+/m0/s1. The molecule has 2 amide bonds. The molecule has 1 aliphatic carbocycles. The van der Waals surface area contributed by atoms with Crippen molar-refractivity contribution in [2.24, 2.45) is 5.41 Å². The molecule has 1 aliphatic heterocycles. The Kier molecular flexibility index (Phi) is 7.35. The zero-order valence-electron chi connectivity index (χ0n) is 19.0. The number of amides is 2. The number of hydrogen-bond acceptors (Lipinski definition) is 6. The molecule has 2 aliphatic rings. The van der Waals surface area contributed by atoms with Gasteiger partial charge in [-0.25, -0.2) is 9.37 Å². The van der Waals surface area contributed by atoms with Crippen molar-refractivity contribution in [3.05, 3.63) is 63.8 Å². The lowest BCUT2D eigenvalue weighted by atomic mass is 9.82. The number of rotatable bonds is 6. The second kappa shape index (κ2) is 10.2. The molecule has 2 heterocycles. The van der Waals surface area contributed by atoms with Gasteiger partial charge in [0.15, 0.2) is 5.13 Å². The van der Waals surface area contributed by atoms with E-state index in [1.165, 1.54) is 17.5 Å². The summed E-state index contributed by atoms with van der Waals surface area (Å²) in [4.78, 5) is 30.1. The zero-order chi connectivity index (χ0) is 24.3. The fraction of sp³-hybridized carbons (Fsp3) is 0.375. The molecule has 34 heavy (non-hydrogen) atoms. The van der Waals surface area contributed by atoms with Gasteiger partial charge in [-0.15, -0.1) is 0 Å². The predicted molar refractivity (Wildman–Crippen MR) is 133 cm³/mol. The zero-order valence-corrected chi connectivity index (χ0v) is 20.5. The molecule has 2 atom stereocenters. The van der Waals surface area contributed by atoms with E-state index < -0.39 is 12.2 Å². The van der Waals surface area contributed by atoms with Crippen LogP contribution in [-0.2, 0) is 0 Å².